The SMILES string of the molecule is O=c1[nH]c2ccc(Cl)cc2cc1F. The summed E-state index contributed by atoms with van der Waals surface area (Å²) >= 11 is 5.70. The highest BCUT2D eigenvalue weighted by Crippen LogP contribution is 2.16. The molecular weight excluding hydrogens is 193 g/mol. The lowest BCUT2D eigenvalue weighted by Gasteiger charge is -1.97. The standard InChI is InChI=1S/C9H5ClFNO/c10-6-1-2-8-5(3-6)4-7(11)9(13)12-8/h1-4H,(H,12,13). The number of halogens is 2. The summed E-state index contributed by atoms with van der Waals surface area (Å²) in [4.78, 5) is 13.3. The average molecular weight is 198 g/mol. The molecule has 2 rings (SSSR count). The van der Waals surface area contributed by atoms with E-state index in [0.29, 0.717) is 15.9 Å². The Kier molecular flexibility index (Phi) is 1.81. The number of fused-ring (bicyclic) bond motifs is 1. The second kappa shape index (κ2) is 2.85. The van der Waals surface area contributed by atoms with E-state index in [9.17, 15) is 9.18 Å². The van der Waals surface area contributed by atoms with Crippen LogP contribution in [0.5, 0.6) is 0 Å². The Morgan fingerprint density at radius 2 is 2.08 bits per heavy atom. The van der Waals surface area contributed by atoms with Crippen molar-refractivity contribution >= 4 is 22.5 Å². The van der Waals surface area contributed by atoms with Gasteiger partial charge in [0.05, 0.1) is 0 Å². The molecule has 1 N–H and O–H groups in total. The van der Waals surface area contributed by atoms with E-state index in [1.54, 1.807) is 18.2 Å². The third-order valence-electron chi connectivity index (χ3n) is 1.76. The topological polar surface area (TPSA) is 32.9 Å². The van der Waals surface area contributed by atoms with E-state index in [1.165, 1.54) is 6.07 Å². The molecule has 0 fully saturated rings. The Bertz CT molecular complexity index is 520. The fourth-order valence-electron chi connectivity index (χ4n) is 1.15. The second-order valence-electron chi connectivity index (χ2n) is 2.68. The van der Waals surface area contributed by atoms with Crippen molar-refractivity contribution in [2.24, 2.45) is 0 Å². The van der Waals surface area contributed by atoms with Gasteiger partial charge in [0, 0.05) is 15.9 Å². The van der Waals surface area contributed by atoms with Crippen LogP contribution in [-0.4, -0.2) is 4.98 Å². The summed E-state index contributed by atoms with van der Waals surface area (Å²) in [5, 5.41) is 1.10. The van der Waals surface area contributed by atoms with Gasteiger partial charge >= 0.3 is 0 Å². The van der Waals surface area contributed by atoms with E-state index >= 15 is 0 Å². The number of benzene rings is 1. The van der Waals surface area contributed by atoms with Gasteiger partial charge in [-0.3, -0.25) is 4.79 Å². The van der Waals surface area contributed by atoms with Crippen molar-refractivity contribution in [1.82, 2.24) is 4.98 Å². The second-order valence-corrected chi connectivity index (χ2v) is 3.11. The minimum absolute atomic E-state index is 0.513. The molecule has 2 nitrogen and oxygen atoms in total. The number of aromatic amines is 1. The first-order valence-corrected chi connectivity index (χ1v) is 4.03. The molecule has 1 aromatic heterocycles. The largest absolute Gasteiger partial charge is 0.319 e. The Morgan fingerprint density at radius 3 is 2.85 bits per heavy atom. The fourth-order valence-corrected chi connectivity index (χ4v) is 1.33. The van der Waals surface area contributed by atoms with Crippen LogP contribution in [0.4, 0.5) is 4.39 Å². The summed E-state index contributed by atoms with van der Waals surface area (Å²) in [6.07, 6.45) is 0. The molecule has 0 atom stereocenters. The van der Waals surface area contributed by atoms with Crippen LogP contribution in [0.25, 0.3) is 10.9 Å². The summed E-state index contributed by atoms with van der Waals surface area (Å²) < 4.78 is 12.8. The van der Waals surface area contributed by atoms with Gasteiger partial charge in [-0.25, -0.2) is 4.39 Å². The smallest absolute Gasteiger partial charge is 0.284 e. The Hall–Kier alpha value is -1.35. The Morgan fingerprint density at radius 1 is 1.31 bits per heavy atom. The molecule has 0 saturated heterocycles. The van der Waals surface area contributed by atoms with Gasteiger partial charge < -0.3 is 4.98 Å². The maximum atomic E-state index is 12.8. The Labute approximate surface area is 78.0 Å². The molecule has 0 spiro atoms. The molecule has 2 aromatic rings. The van der Waals surface area contributed by atoms with Crippen LogP contribution >= 0.6 is 11.6 Å². The first-order valence-electron chi connectivity index (χ1n) is 3.65. The predicted molar refractivity (Wildman–Crippen MR) is 49.5 cm³/mol. The lowest BCUT2D eigenvalue weighted by Crippen LogP contribution is -2.09. The number of pyridine rings is 1. The molecule has 66 valence electrons. The molecule has 4 heteroatoms. The number of nitrogens with one attached hydrogen (secondary N) is 1. The van der Waals surface area contributed by atoms with Crippen molar-refractivity contribution in [3.63, 3.8) is 0 Å². The van der Waals surface area contributed by atoms with Crippen LogP contribution in [0.3, 0.4) is 0 Å². The zero-order chi connectivity index (χ0) is 9.42. The average Bonchev–Trinajstić information content (AvgIpc) is 2.08. The third-order valence-corrected chi connectivity index (χ3v) is 2.00. The normalized spacial score (nSPS) is 10.6. The maximum Gasteiger partial charge on any atom is 0.284 e. The van der Waals surface area contributed by atoms with Gasteiger partial charge in [0.1, 0.15) is 0 Å². The predicted octanol–water partition coefficient (Wildman–Crippen LogP) is 2.32. The van der Waals surface area contributed by atoms with E-state index in [0.717, 1.165) is 0 Å². The molecule has 0 aliphatic carbocycles. The quantitative estimate of drug-likeness (QED) is 0.691. The summed E-state index contributed by atoms with van der Waals surface area (Å²) in [5.74, 6) is -0.797. The summed E-state index contributed by atoms with van der Waals surface area (Å²) in [7, 11) is 0. The minimum Gasteiger partial charge on any atom is -0.319 e. The van der Waals surface area contributed by atoms with Crippen LogP contribution < -0.4 is 5.56 Å². The number of aromatic nitrogens is 1. The summed E-state index contributed by atoms with van der Waals surface area (Å²) in [6, 6.07) is 6.03. The van der Waals surface area contributed by atoms with Crippen molar-refractivity contribution in [3.05, 3.63) is 45.5 Å². The molecule has 1 aromatic carbocycles. The molecule has 13 heavy (non-hydrogen) atoms. The van der Waals surface area contributed by atoms with E-state index in [-0.39, 0.29) is 0 Å². The van der Waals surface area contributed by atoms with Crippen molar-refractivity contribution in [3.8, 4) is 0 Å². The molecule has 0 bridgehead atoms. The van der Waals surface area contributed by atoms with Crippen LogP contribution in [0.15, 0.2) is 29.1 Å². The van der Waals surface area contributed by atoms with Crippen molar-refractivity contribution in [2.45, 2.75) is 0 Å². The van der Waals surface area contributed by atoms with Crippen molar-refractivity contribution < 1.29 is 4.39 Å². The van der Waals surface area contributed by atoms with Gasteiger partial charge in [0.15, 0.2) is 5.82 Å². The summed E-state index contributed by atoms with van der Waals surface area (Å²) in [5.41, 5.74) is -0.134. The molecule has 1 heterocycles. The highest BCUT2D eigenvalue weighted by molar-refractivity contribution is 6.31. The van der Waals surface area contributed by atoms with E-state index in [1.807, 2.05) is 0 Å². The van der Waals surface area contributed by atoms with E-state index < -0.39 is 11.4 Å². The molecule has 0 aliphatic heterocycles. The molecule has 0 radical (unpaired) electrons. The molecule has 0 unspecified atom stereocenters. The number of hydrogen-bond acceptors (Lipinski definition) is 1. The summed E-state index contributed by atoms with van der Waals surface area (Å²) in [6.45, 7) is 0. The zero-order valence-electron chi connectivity index (χ0n) is 6.47. The maximum absolute atomic E-state index is 12.8. The lowest BCUT2D eigenvalue weighted by atomic mass is 10.2. The van der Waals surface area contributed by atoms with Gasteiger partial charge in [-0.1, -0.05) is 11.6 Å². The third kappa shape index (κ3) is 1.42. The molecule has 0 amide bonds. The van der Waals surface area contributed by atoms with Crippen LogP contribution in [0.1, 0.15) is 0 Å². The van der Waals surface area contributed by atoms with E-state index in [2.05, 4.69) is 4.98 Å². The van der Waals surface area contributed by atoms with Gasteiger partial charge in [0.25, 0.3) is 5.56 Å². The molecule has 0 aliphatic rings. The van der Waals surface area contributed by atoms with E-state index in [4.69, 9.17) is 11.6 Å². The van der Waals surface area contributed by atoms with Gasteiger partial charge in [-0.15, -0.1) is 0 Å². The zero-order valence-corrected chi connectivity index (χ0v) is 7.23. The first kappa shape index (κ1) is 8.26. The molecule has 0 saturated carbocycles. The lowest BCUT2D eigenvalue weighted by molar-refractivity contribution is 0.612. The van der Waals surface area contributed by atoms with Crippen LogP contribution in [0.2, 0.25) is 5.02 Å². The first-order chi connectivity index (χ1) is 6.16. The number of rotatable bonds is 0. The van der Waals surface area contributed by atoms with Gasteiger partial charge in [0.2, 0.25) is 0 Å². The minimum atomic E-state index is -0.797. The van der Waals surface area contributed by atoms with Crippen molar-refractivity contribution in [1.29, 1.82) is 0 Å². The highest BCUT2D eigenvalue weighted by atomic mass is 35.5. The van der Waals surface area contributed by atoms with Crippen LogP contribution in [-0.2, 0) is 0 Å². The number of H-pyrrole nitrogens is 1. The fraction of sp³-hybridized carbons (Fsp3) is 0. The Balaban J connectivity index is 2.89. The monoisotopic (exact) mass is 197 g/mol. The highest BCUT2D eigenvalue weighted by Gasteiger charge is 2.01. The van der Waals surface area contributed by atoms with Crippen molar-refractivity contribution in [2.75, 3.05) is 0 Å². The number of hydrogen-bond donors (Lipinski definition) is 1. The van der Waals surface area contributed by atoms with Crippen LogP contribution in [0, 0.1) is 5.82 Å². The van der Waals surface area contributed by atoms with Gasteiger partial charge in [-0.2, -0.15) is 0 Å². The molecular formula is C9H5ClFNO. The van der Waals surface area contributed by atoms with Gasteiger partial charge in [-0.05, 0) is 24.3 Å².